The van der Waals surface area contributed by atoms with E-state index in [-0.39, 0.29) is 0 Å². The summed E-state index contributed by atoms with van der Waals surface area (Å²) in [5.41, 5.74) is 4.27. The van der Waals surface area contributed by atoms with Gasteiger partial charge in [-0.25, -0.2) is 0 Å². The fraction of sp³-hybridized carbons (Fsp3) is 0.292. The predicted molar refractivity (Wildman–Crippen MR) is 114 cm³/mol. The molecule has 0 N–H and O–H groups in total. The molecule has 0 radical (unpaired) electrons. The van der Waals surface area contributed by atoms with Crippen molar-refractivity contribution in [3.63, 3.8) is 0 Å². The van der Waals surface area contributed by atoms with Crippen molar-refractivity contribution < 1.29 is 4.74 Å². The van der Waals surface area contributed by atoms with Gasteiger partial charge in [0.25, 0.3) is 0 Å². The lowest BCUT2D eigenvalue weighted by Crippen LogP contribution is -2.52. The van der Waals surface area contributed by atoms with E-state index >= 15 is 0 Å². The Morgan fingerprint density at radius 3 is 2.11 bits per heavy atom. The number of nitrogens with zero attached hydrogens (tertiary/aromatic N) is 2. The number of benzene rings is 2. The smallest absolute Gasteiger partial charge is 0.119 e. The molecule has 4 heteroatoms. The molecule has 0 saturated carbocycles. The van der Waals surface area contributed by atoms with Gasteiger partial charge < -0.3 is 4.74 Å². The van der Waals surface area contributed by atoms with Crippen LogP contribution in [0.3, 0.4) is 0 Å². The third-order valence-corrected chi connectivity index (χ3v) is 6.23. The summed E-state index contributed by atoms with van der Waals surface area (Å²) in [7, 11) is 0. The molecule has 3 fully saturated rings. The van der Waals surface area contributed by atoms with Gasteiger partial charge in [-0.05, 0) is 79.9 Å². The Kier molecular flexibility index (Phi) is 4.79. The number of rotatable bonds is 4. The Hall–Kier alpha value is -2.36. The van der Waals surface area contributed by atoms with Crippen LogP contribution in [0.25, 0.3) is 22.4 Å². The van der Waals surface area contributed by atoms with Crippen LogP contribution in [0.4, 0.5) is 0 Å². The molecule has 0 spiro atoms. The minimum Gasteiger partial charge on any atom is -0.489 e. The van der Waals surface area contributed by atoms with Gasteiger partial charge in [0.2, 0.25) is 0 Å². The summed E-state index contributed by atoms with van der Waals surface area (Å²) in [5, 5.41) is 0.744. The molecule has 6 rings (SSSR count). The first-order valence-electron chi connectivity index (χ1n) is 9.96. The van der Waals surface area contributed by atoms with Crippen LogP contribution in [0.2, 0.25) is 5.02 Å². The number of hydrogen-bond donors (Lipinski definition) is 0. The summed E-state index contributed by atoms with van der Waals surface area (Å²) in [4.78, 5) is 7.16. The number of aromatic nitrogens is 1. The number of piperidine rings is 3. The van der Waals surface area contributed by atoms with Crippen LogP contribution in [0.1, 0.15) is 12.8 Å². The monoisotopic (exact) mass is 390 g/mol. The molecule has 2 aromatic carbocycles. The highest BCUT2D eigenvalue weighted by Crippen LogP contribution is 2.31. The Bertz CT molecular complexity index is 930. The van der Waals surface area contributed by atoms with Gasteiger partial charge in [-0.1, -0.05) is 29.8 Å². The first-order chi connectivity index (χ1) is 13.7. The molecule has 0 amide bonds. The molecule has 0 unspecified atom stereocenters. The van der Waals surface area contributed by atoms with Gasteiger partial charge in [0.1, 0.15) is 11.9 Å². The minimum absolute atomic E-state index is 0.338. The largest absolute Gasteiger partial charge is 0.489 e. The summed E-state index contributed by atoms with van der Waals surface area (Å²) in [6.07, 6.45) is 4.79. The van der Waals surface area contributed by atoms with Crippen LogP contribution in [0, 0.1) is 5.92 Å². The van der Waals surface area contributed by atoms with Gasteiger partial charge in [-0.15, -0.1) is 0 Å². The second-order valence-corrected chi connectivity index (χ2v) is 8.19. The van der Waals surface area contributed by atoms with Crippen LogP contribution in [-0.4, -0.2) is 35.6 Å². The molecular formula is C24H23ClN2O. The summed E-state index contributed by atoms with van der Waals surface area (Å²) >= 11 is 5.97. The normalized spacial score (nSPS) is 23.5. The van der Waals surface area contributed by atoms with Crippen LogP contribution >= 0.6 is 11.6 Å². The third kappa shape index (κ3) is 3.65. The second-order valence-electron chi connectivity index (χ2n) is 7.76. The van der Waals surface area contributed by atoms with Gasteiger partial charge >= 0.3 is 0 Å². The second kappa shape index (κ2) is 7.57. The van der Waals surface area contributed by atoms with Crippen LogP contribution in [0.5, 0.6) is 5.75 Å². The Morgan fingerprint density at radius 2 is 1.50 bits per heavy atom. The van der Waals surface area contributed by atoms with E-state index in [1.165, 1.54) is 25.9 Å². The van der Waals surface area contributed by atoms with Crippen molar-refractivity contribution in [3.05, 3.63) is 71.9 Å². The van der Waals surface area contributed by atoms with E-state index in [1.807, 2.05) is 30.5 Å². The molecule has 2 bridgehead atoms. The van der Waals surface area contributed by atoms with E-state index in [0.717, 1.165) is 39.7 Å². The van der Waals surface area contributed by atoms with E-state index < -0.39 is 0 Å². The fourth-order valence-corrected chi connectivity index (χ4v) is 4.43. The highest BCUT2D eigenvalue weighted by molar-refractivity contribution is 6.30. The van der Waals surface area contributed by atoms with Crippen molar-refractivity contribution in [2.75, 3.05) is 19.6 Å². The maximum absolute atomic E-state index is 6.29. The molecule has 3 saturated heterocycles. The molecule has 3 aromatic rings. The number of pyridine rings is 1. The van der Waals surface area contributed by atoms with Crippen molar-refractivity contribution in [1.82, 2.24) is 9.88 Å². The SMILES string of the molecule is Clc1ccc(-c2ccc(-c3ccc(O[C@@H]4CN5CCC4CC5)cc3)nc2)cc1. The average Bonchev–Trinajstić information content (AvgIpc) is 2.76. The van der Waals surface area contributed by atoms with Gasteiger partial charge in [0.15, 0.2) is 0 Å². The minimum atomic E-state index is 0.338. The van der Waals surface area contributed by atoms with E-state index in [1.54, 1.807) is 0 Å². The van der Waals surface area contributed by atoms with Crippen molar-refractivity contribution in [2.45, 2.75) is 18.9 Å². The number of ether oxygens (including phenoxy) is 1. The average molecular weight is 391 g/mol. The molecule has 0 aliphatic carbocycles. The zero-order valence-corrected chi connectivity index (χ0v) is 16.5. The van der Waals surface area contributed by atoms with Gasteiger partial charge in [-0.3, -0.25) is 9.88 Å². The maximum Gasteiger partial charge on any atom is 0.119 e. The van der Waals surface area contributed by atoms with Crippen LogP contribution in [0.15, 0.2) is 66.9 Å². The molecule has 28 heavy (non-hydrogen) atoms. The van der Waals surface area contributed by atoms with Crippen molar-refractivity contribution in [3.8, 4) is 28.1 Å². The number of fused-ring (bicyclic) bond motifs is 3. The van der Waals surface area contributed by atoms with Crippen molar-refractivity contribution in [1.29, 1.82) is 0 Å². The van der Waals surface area contributed by atoms with Crippen molar-refractivity contribution in [2.24, 2.45) is 5.92 Å². The molecule has 1 atom stereocenters. The first-order valence-corrected chi connectivity index (χ1v) is 10.3. The molecule has 3 nitrogen and oxygen atoms in total. The van der Waals surface area contributed by atoms with E-state index in [9.17, 15) is 0 Å². The zero-order chi connectivity index (χ0) is 18.9. The lowest BCUT2D eigenvalue weighted by atomic mass is 9.86. The predicted octanol–water partition coefficient (Wildman–Crippen LogP) is 5.54. The lowest BCUT2D eigenvalue weighted by molar-refractivity contribution is -0.00775. The molecule has 3 aliphatic rings. The molecule has 1 aromatic heterocycles. The summed E-state index contributed by atoms with van der Waals surface area (Å²) in [6, 6.07) is 20.3. The molecule has 3 aliphatic heterocycles. The third-order valence-electron chi connectivity index (χ3n) is 5.97. The summed E-state index contributed by atoms with van der Waals surface area (Å²) < 4.78 is 6.29. The Morgan fingerprint density at radius 1 is 0.821 bits per heavy atom. The maximum atomic E-state index is 6.29. The number of hydrogen-bond acceptors (Lipinski definition) is 3. The topological polar surface area (TPSA) is 25.4 Å². The van der Waals surface area contributed by atoms with Gasteiger partial charge in [0, 0.05) is 28.9 Å². The fourth-order valence-electron chi connectivity index (χ4n) is 4.30. The van der Waals surface area contributed by atoms with Crippen LogP contribution in [-0.2, 0) is 0 Å². The zero-order valence-electron chi connectivity index (χ0n) is 15.7. The summed E-state index contributed by atoms with van der Waals surface area (Å²) in [5.74, 6) is 1.67. The number of halogens is 1. The van der Waals surface area contributed by atoms with Crippen LogP contribution < -0.4 is 4.74 Å². The highest BCUT2D eigenvalue weighted by Gasteiger charge is 2.35. The lowest BCUT2D eigenvalue weighted by Gasteiger charge is -2.44. The molecular weight excluding hydrogens is 368 g/mol. The van der Waals surface area contributed by atoms with E-state index in [2.05, 4.69) is 46.3 Å². The standard InChI is InChI=1S/C24H23ClN2O/c25-21-6-1-17(2-7-21)20-5-10-23(26-15-20)18-3-8-22(9-4-18)28-24-16-27-13-11-19(24)12-14-27/h1-10,15,19,24H,11-14,16H2/t24-/m1/s1. The Labute approximate surface area is 170 Å². The highest BCUT2D eigenvalue weighted by atomic mass is 35.5. The van der Waals surface area contributed by atoms with E-state index in [0.29, 0.717) is 12.0 Å². The quantitative estimate of drug-likeness (QED) is 0.584. The Balaban J connectivity index is 1.28. The van der Waals surface area contributed by atoms with Gasteiger partial charge in [0.05, 0.1) is 5.69 Å². The van der Waals surface area contributed by atoms with Crippen molar-refractivity contribution >= 4 is 11.6 Å². The van der Waals surface area contributed by atoms with Gasteiger partial charge in [-0.2, -0.15) is 0 Å². The molecule has 142 valence electrons. The summed E-state index contributed by atoms with van der Waals surface area (Å²) in [6.45, 7) is 3.54. The van der Waals surface area contributed by atoms with E-state index in [4.69, 9.17) is 16.3 Å². The first kappa shape index (κ1) is 17.7. The molecule has 4 heterocycles.